The van der Waals surface area contributed by atoms with Gasteiger partial charge in [0, 0.05) is 30.7 Å². The van der Waals surface area contributed by atoms with Crippen LogP contribution in [0.5, 0.6) is 0 Å². The predicted octanol–water partition coefficient (Wildman–Crippen LogP) is 4.08. The maximum absolute atomic E-state index is 13.8. The number of aromatic nitrogens is 1. The highest BCUT2D eigenvalue weighted by Gasteiger charge is 2.52. The minimum Gasteiger partial charge on any atom is -0.465 e. The molecule has 3 unspecified atom stereocenters. The molecule has 0 aliphatic carbocycles. The summed E-state index contributed by atoms with van der Waals surface area (Å²) >= 11 is 0. The molecule has 1 aromatic carbocycles. The third-order valence-corrected chi connectivity index (χ3v) is 6.62. The van der Waals surface area contributed by atoms with E-state index in [-0.39, 0.29) is 23.4 Å². The summed E-state index contributed by atoms with van der Waals surface area (Å²) in [5.74, 6) is 0.569. The Morgan fingerprint density at radius 1 is 1.33 bits per heavy atom. The van der Waals surface area contributed by atoms with Crippen molar-refractivity contribution in [1.29, 1.82) is 0 Å². The van der Waals surface area contributed by atoms with E-state index in [4.69, 9.17) is 4.42 Å². The summed E-state index contributed by atoms with van der Waals surface area (Å²) in [5, 5.41) is 9.69. The first-order valence-corrected chi connectivity index (χ1v) is 10.4. The van der Waals surface area contributed by atoms with Crippen molar-refractivity contribution in [1.82, 2.24) is 9.88 Å². The van der Waals surface area contributed by atoms with Crippen LogP contribution in [-0.2, 0) is 16.6 Å². The maximum Gasteiger partial charge on any atom is 0.407 e. The normalized spacial score (nSPS) is 26.7. The second kappa shape index (κ2) is 7.15. The van der Waals surface area contributed by atoms with E-state index in [9.17, 15) is 14.7 Å². The topological polar surface area (TPSA) is 86.9 Å². The molecule has 3 heterocycles. The number of rotatable bonds is 3. The number of amides is 2. The van der Waals surface area contributed by atoms with Crippen molar-refractivity contribution < 1.29 is 19.1 Å². The van der Waals surface area contributed by atoms with Gasteiger partial charge in [-0.25, -0.2) is 9.78 Å². The van der Waals surface area contributed by atoms with Gasteiger partial charge in [0.15, 0.2) is 5.89 Å². The van der Waals surface area contributed by atoms with E-state index in [1.54, 1.807) is 6.20 Å². The Hall–Kier alpha value is -2.83. The average molecular weight is 412 g/mol. The number of hydrogen-bond donors (Lipinski definition) is 1. The second-order valence-corrected chi connectivity index (χ2v) is 9.66. The number of carbonyl (C=O) groups excluding carboxylic acids is 1. The molecular formula is C23H29N3O4. The van der Waals surface area contributed by atoms with Gasteiger partial charge >= 0.3 is 6.09 Å². The predicted molar refractivity (Wildman–Crippen MR) is 112 cm³/mol. The number of oxazole rings is 1. The highest BCUT2D eigenvalue weighted by molar-refractivity contribution is 6.08. The fraction of sp³-hybridized carbons (Fsp3) is 0.522. The monoisotopic (exact) mass is 411 g/mol. The van der Waals surface area contributed by atoms with E-state index in [1.807, 2.05) is 36.1 Å². The first-order chi connectivity index (χ1) is 14.1. The standard InChI is InChI=1S/C23H29N3O4/c1-22(2,3)18-13-15(9-11-25(18)21(28)29)26-17-8-6-5-7-16(17)23(4,20(26)27)14-19-24-10-12-30-19/h5-8,10,12,15,18H,9,11,13-14H2,1-4H3,(H,28,29). The van der Waals surface area contributed by atoms with Crippen LogP contribution >= 0.6 is 0 Å². The Morgan fingerprint density at radius 3 is 2.70 bits per heavy atom. The third-order valence-electron chi connectivity index (χ3n) is 6.62. The summed E-state index contributed by atoms with van der Waals surface area (Å²) in [6, 6.07) is 7.68. The zero-order valence-corrected chi connectivity index (χ0v) is 18.0. The molecule has 2 aliphatic heterocycles. The lowest BCUT2D eigenvalue weighted by molar-refractivity contribution is -0.123. The van der Waals surface area contributed by atoms with Crippen molar-refractivity contribution in [2.75, 3.05) is 11.4 Å². The van der Waals surface area contributed by atoms with Crippen LogP contribution in [0.2, 0.25) is 0 Å². The van der Waals surface area contributed by atoms with Crippen LogP contribution in [0.1, 0.15) is 52.0 Å². The number of nitrogens with zero attached hydrogens (tertiary/aromatic N) is 3. The largest absolute Gasteiger partial charge is 0.465 e. The molecule has 1 saturated heterocycles. The maximum atomic E-state index is 13.8. The van der Waals surface area contributed by atoms with Crippen LogP contribution in [0.15, 0.2) is 41.1 Å². The summed E-state index contributed by atoms with van der Waals surface area (Å²) < 4.78 is 5.45. The smallest absolute Gasteiger partial charge is 0.407 e. The summed E-state index contributed by atoms with van der Waals surface area (Å²) in [6.07, 6.45) is 3.85. The highest BCUT2D eigenvalue weighted by Crippen LogP contribution is 2.46. The molecule has 0 saturated carbocycles. The lowest BCUT2D eigenvalue weighted by Gasteiger charge is -2.46. The Kier molecular flexibility index (Phi) is 4.87. The van der Waals surface area contributed by atoms with E-state index in [0.29, 0.717) is 31.7 Å². The van der Waals surface area contributed by atoms with Crippen LogP contribution in [0.25, 0.3) is 0 Å². The van der Waals surface area contributed by atoms with Crippen LogP contribution in [-0.4, -0.2) is 45.6 Å². The van der Waals surface area contributed by atoms with Gasteiger partial charge in [0.1, 0.15) is 6.26 Å². The minimum atomic E-state index is -0.893. The fourth-order valence-corrected chi connectivity index (χ4v) is 5.05. The Morgan fingerprint density at radius 2 is 2.07 bits per heavy atom. The zero-order valence-electron chi connectivity index (χ0n) is 18.0. The van der Waals surface area contributed by atoms with Crippen molar-refractivity contribution in [3.63, 3.8) is 0 Å². The first kappa shape index (κ1) is 20.4. The highest BCUT2D eigenvalue weighted by atomic mass is 16.4. The lowest BCUT2D eigenvalue weighted by Crippen LogP contribution is -2.57. The van der Waals surface area contributed by atoms with Crippen molar-refractivity contribution in [2.24, 2.45) is 5.41 Å². The SMILES string of the molecule is CC1(Cc2ncco2)C(=O)N(C2CCN(C(=O)O)C(C(C)(C)C)C2)c2ccccc21. The van der Waals surface area contributed by atoms with Crippen LogP contribution in [0.3, 0.4) is 0 Å². The van der Waals surface area contributed by atoms with E-state index >= 15 is 0 Å². The van der Waals surface area contributed by atoms with Gasteiger partial charge in [-0.2, -0.15) is 0 Å². The quantitative estimate of drug-likeness (QED) is 0.822. The van der Waals surface area contributed by atoms with E-state index in [1.165, 1.54) is 11.2 Å². The molecule has 2 aliphatic rings. The van der Waals surface area contributed by atoms with Crippen molar-refractivity contribution in [2.45, 2.75) is 64.5 Å². The number of fused-ring (bicyclic) bond motifs is 1. The molecule has 1 fully saturated rings. The van der Waals surface area contributed by atoms with Gasteiger partial charge in [0.2, 0.25) is 5.91 Å². The third kappa shape index (κ3) is 3.26. The van der Waals surface area contributed by atoms with Crippen molar-refractivity contribution >= 4 is 17.7 Å². The molecule has 0 radical (unpaired) electrons. The number of hydrogen-bond acceptors (Lipinski definition) is 4. The molecule has 3 atom stereocenters. The number of likely N-dealkylation sites (tertiary alicyclic amines) is 1. The second-order valence-electron chi connectivity index (χ2n) is 9.66. The molecule has 2 aromatic rings. The molecule has 160 valence electrons. The summed E-state index contributed by atoms with van der Waals surface area (Å²) in [6.45, 7) is 8.55. The molecule has 2 amide bonds. The fourth-order valence-electron chi connectivity index (χ4n) is 5.05. The number of benzene rings is 1. The van der Waals surface area contributed by atoms with E-state index in [0.717, 1.165) is 11.3 Å². The molecular weight excluding hydrogens is 382 g/mol. The number of carbonyl (C=O) groups is 2. The van der Waals surface area contributed by atoms with Gasteiger partial charge in [0.05, 0.1) is 11.6 Å². The van der Waals surface area contributed by atoms with E-state index in [2.05, 4.69) is 25.8 Å². The van der Waals surface area contributed by atoms with Gasteiger partial charge in [0.25, 0.3) is 0 Å². The summed E-state index contributed by atoms with van der Waals surface area (Å²) in [5.41, 5.74) is 0.905. The Labute approximate surface area is 176 Å². The molecule has 1 aromatic heterocycles. The molecule has 7 heteroatoms. The average Bonchev–Trinajstić information content (AvgIpc) is 3.27. The van der Waals surface area contributed by atoms with Gasteiger partial charge in [-0.15, -0.1) is 0 Å². The lowest BCUT2D eigenvalue weighted by atomic mass is 9.78. The van der Waals surface area contributed by atoms with Crippen molar-refractivity contribution in [3.8, 4) is 0 Å². The molecule has 1 N–H and O–H groups in total. The van der Waals surface area contributed by atoms with Crippen LogP contribution in [0.4, 0.5) is 10.5 Å². The van der Waals surface area contributed by atoms with Crippen molar-refractivity contribution in [3.05, 3.63) is 48.2 Å². The van der Waals surface area contributed by atoms with Crippen LogP contribution < -0.4 is 4.90 Å². The zero-order chi connectivity index (χ0) is 21.7. The molecule has 7 nitrogen and oxygen atoms in total. The first-order valence-electron chi connectivity index (χ1n) is 10.4. The Balaban J connectivity index is 1.69. The number of carboxylic acid groups (broad SMARTS) is 1. The minimum absolute atomic E-state index is 0.0309. The molecule has 4 rings (SSSR count). The number of anilines is 1. The Bertz CT molecular complexity index is 950. The summed E-state index contributed by atoms with van der Waals surface area (Å²) in [7, 11) is 0. The number of para-hydroxylation sites is 1. The molecule has 0 spiro atoms. The van der Waals surface area contributed by atoms with Gasteiger partial charge in [-0.1, -0.05) is 39.0 Å². The van der Waals surface area contributed by atoms with Gasteiger partial charge < -0.3 is 19.3 Å². The number of piperidine rings is 1. The summed E-state index contributed by atoms with van der Waals surface area (Å²) in [4.78, 5) is 33.3. The van der Waals surface area contributed by atoms with Gasteiger partial charge in [-0.3, -0.25) is 4.79 Å². The van der Waals surface area contributed by atoms with E-state index < -0.39 is 11.5 Å². The molecule has 0 bridgehead atoms. The molecule has 30 heavy (non-hydrogen) atoms. The van der Waals surface area contributed by atoms with Crippen LogP contribution in [0, 0.1) is 5.41 Å². The van der Waals surface area contributed by atoms with Gasteiger partial charge in [-0.05, 0) is 36.8 Å².